The minimum Gasteiger partial charge on any atom is -0.493 e. The molecule has 0 aromatic heterocycles. The average Bonchev–Trinajstić information content (AvgIpc) is 2.66. The van der Waals surface area contributed by atoms with E-state index in [1.807, 2.05) is 54.6 Å². The predicted octanol–water partition coefficient (Wildman–Crippen LogP) is 3.19. The van der Waals surface area contributed by atoms with Gasteiger partial charge in [-0.3, -0.25) is 9.59 Å². The van der Waals surface area contributed by atoms with Gasteiger partial charge in [0, 0.05) is 25.7 Å². The van der Waals surface area contributed by atoms with Crippen LogP contribution in [0.25, 0.3) is 0 Å². The van der Waals surface area contributed by atoms with Gasteiger partial charge in [0.05, 0.1) is 13.0 Å². The third-order valence-electron chi connectivity index (χ3n) is 4.04. The Balaban J connectivity index is 1.78. The number of rotatable bonds is 9. The van der Waals surface area contributed by atoms with Crippen molar-refractivity contribution in [3.05, 3.63) is 60.2 Å². The maximum atomic E-state index is 12.0. The van der Waals surface area contributed by atoms with Crippen molar-refractivity contribution in [1.82, 2.24) is 5.32 Å². The van der Waals surface area contributed by atoms with Gasteiger partial charge in [0.1, 0.15) is 5.75 Å². The van der Waals surface area contributed by atoms with E-state index in [0.717, 1.165) is 23.4 Å². The first-order chi connectivity index (χ1) is 12.6. The molecule has 0 heterocycles. The van der Waals surface area contributed by atoms with Gasteiger partial charge in [-0.2, -0.15) is 0 Å². The average molecular weight is 354 g/mol. The zero-order valence-electron chi connectivity index (χ0n) is 15.4. The highest BCUT2D eigenvalue weighted by atomic mass is 16.5. The van der Waals surface area contributed by atoms with Crippen LogP contribution in [-0.4, -0.2) is 31.5 Å². The molecule has 2 aromatic carbocycles. The first-order valence-corrected chi connectivity index (χ1v) is 8.92. The van der Waals surface area contributed by atoms with Crippen LogP contribution >= 0.6 is 0 Å². The van der Waals surface area contributed by atoms with Gasteiger partial charge in [-0.25, -0.2) is 0 Å². The molecule has 0 unspecified atom stereocenters. The second-order valence-electron chi connectivity index (χ2n) is 5.91. The number of ether oxygens (including phenoxy) is 1. The SMILES string of the molecule is CCc1ccccc1N(CCNC(=O)CCOc1ccccc1)C(C)=O. The van der Waals surface area contributed by atoms with Crippen molar-refractivity contribution in [2.45, 2.75) is 26.7 Å². The van der Waals surface area contributed by atoms with E-state index >= 15 is 0 Å². The molecule has 0 saturated heterocycles. The zero-order chi connectivity index (χ0) is 18.8. The first kappa shape index (κ1) is 19.5. The highest BCUT2D eigenvalue weighted by Gasteiger charge is 2.14. The number of benzene rings is 2. The third kappa shape index (κ3) is 5.92. The van der Waals surface area contributed by atoms with Crippen LogP contribution in [0.5, 0.6) is 5.75 Å². The number of amides is 2. The number of aryl methyl sites for hydroxylation is 1. The van der Waals surface area contributed by atoms with E-state index in [1.165, 1.54) is 0 Å². The number of carbonyl (C=O) groups excluding carboxylic acids is 2. The number of para-hydroxylation sites is 2. The number of hydrogen-bond donors (Lipinski definition) is 1. The molecule has 0 saturated carbocycles. The Morgan fingerprint density at radius 1 is 1.04 bits per heavy atom. The van der Waals surface area contributed by atoms with Crippen molar-refractivity contribution >= 4 is 17.5 Å². The molecular formula is C21H26N2O3. The van der Waals surface area contributed by atoms with Gasteiger partial charge in [0.15, 0.2) is 0 Å². The quantitative estimate of drug-likeness (QED) is 0.752. The fourth-order valence-electron chi connectivity index (χ4n) is 2.69. The fraction of sp³-hybridized carbons (Fsp3) is 0.333. The maximum absolute atomic E-state index is 12.0. The molecule has 5 nitrogen and oxygen atoms in total. The molecule has 2 amide bonds. The van der Waals surface area contributed by atoms with Crippen molar-refractivity contribution in [3.8, 4) is 5.75 Å². The lowest BCUT2D eigenvalue weighted by atomic mass is 10.1. The summed E-state index contributed by atoms with van der Waals surface area (Å²) in [4.78, 5) is 25.7. The van der Waals surface area contributed by atoms with Gasteiger partial charge >= 0.3 is 0 Å². The molecule has 0 aliphatic rings. The Bertz CT molecular complexity index is 716. The van der Waals surface area contributed by atoms with E-state index < -0.39 is 0 Å². The van der Waals surface area contributed by atoms with Gasteiger partial charge in [0.2, 0.25) is 11.8 Å². The van der Waals surface area contributed by atoms with Crippen LogP contribution in [0.1, 0.15) is 25.8 Å². The first-order valence-electron chi connectivity index (χ1n) is 8.92. The topological polar surface area (TPSA) is 58.6 Å². The van der Waals surface area contributed by atoms with E-state index in [0.29, 0.717) is 19.7 Å². The Morgan fingerprint density at radius 3 is 2.42 bits per heavy atom. The molecule has 0 aliphatic heterocycles. The lowest BCUT2D eigenvalue weighted by Crippen LogP contribution is -2.38. The second kappa shape index (κ2) is 10.2. The molecule has 0 radical (unpaired) electrons. The van der Waals surface area contributed by atoms with E-state index in [-0.39, 0.29) is 18.2 Å². The summed E-state index contributed by atoms with van der Waals surface area (Å²) in [7, 11) is 0. The second-order valence-corrected chi connectivity index (χ2v) is 5.91. The van der Waals surface area contributed by atoms with E-state index in [9.17, 15) is 9.59 Å². The van der Waals surface area contributed by atoms with E-state index in [4.69, 9.17) is 4.74 Å². The van der Waals surface area contributed by atoms with Gasteiger partial charge in [-0.05, 0) is 30.2 Å². The standard InChI is InChI=1S/C21H26N2O3/c1-3-18-9-7-8-12-20(18)23(17(2)24)15-14-22-21(25)13-16-26-19-10-5-4-6-11-19/h4-12H,3,13-16H2,1-2H3,(H,22,25). The summed E-state index contributed by atoms with van der Waals surface area (Å²) in [6.07, 6.45) is 1.13. The van der Waals surface area contributed by atoms with Crippen LogP contribution < -0.4 is 15.0 Å². The number of anilines is 1. The van der Waals surface area contributed by atoms with E-state index in [2.05, 4.69) is 12.2 Å². The zero-order valence-corrected chi connectivity index (χ0v) is 15.4. The van der Waals surface area contributed by atoms with Gasteiger partial charge in [-0.1, -0.05) is 43.3 Å². The molecular weight excluding hydrogens is 328 g/mol. The van der Waals surface area contributed by atoms with Gasteiger partial charge in [-0.15, -0.1) is 0 Å². The molecule has 26 heavy (non-hydrogen) atoms. The molecule has 138 valence electrons. The lowest BCUT2D eigenvalue weighted by molar-refractivity contribution is -0.122. The maximum Gasteiger partial charge on any atom is 0.223 e. The summed E-state index contributed by atoms with van der Waals surface area (Å²) in [5.74, 6) is 0.625. The fourth-order valence-corrected chi connectivity index (χ4v) is 2.69. The lowest BCUT2D eigenvalue weighted by Gasteiger charge is -2.24. The number of carbonyl (C=O) groups is 2. The molecule has 0 aliphatic carbocycles. The van der Waals surface area contributed by atoms with Crippen molar-refractivity contribution in [1.29, 1.82) is 0 Å². The highest BCUT2D eigenvalue weighted by molar-refractivity contribution is 5.92. The van der Waals surface area contributed by atoms with Crippen LogP contribution in [-0.2, 0) is 16.0 Å². The van der Waals surface area contributed by atoms with Gasteiger partial charge in [0.25, 0.3) is 0 Å². The minimum absolute atomic E-state index is 0.0347. The molecule has 2 rings (SSSR count). The minimum atomic E-state index is -0.0896. The van der Waals surface area contributed by atoms with Crippen LogP contribution in [0.3, 0.4) is 0 Å². The van der Waals surface area contributed by atoms with Crippen molar-refractivity contribution < 1.29 is 14.3 Å². The largest absolute Gasteiger partial charge is 0.493 e. The van der Waals surface area contributed by atoms with Crippen LogP contribution in [0.4, 0.5) is 5.69 Å². The summed E-state index contributed by atoms with van der Waals surface area (Å²) in [6.45, 7) is 4.78. The Morgan fingerprint density at radius 2 is 1.73 bits per heavy atom. The summed E-state index contributed by atoms with van der Waals surface area (Å²) in [5, 5.41) is 2.85. The highest BCUT2D eigenvalue weighted by Crippen LogP contribution is 2.20. The molecule has 5 heteroatoms. The molecule has 2 aromatic rings. The Hall–Kier alpha value is -2.82. The van der Waals surface area contributed by atoms with Crippen LogP contribution in [0.2, 0.25) is 0 Å². The van der Waals surface area contributed by atoms with Gasteiger partial charge < -0.3 is 15.0 Å². The van der Waals surface area contributed by atoms with E-state index in [1.54, 1.807) is 11.8 Å². The monoisotopic (exact) mass is 354 g/mol. The van der Waals surface area contributed by atoms with Crippen molar-refractivity contribution in [2.24, 2.45) is 0 Å². The summed E-state index contributed by atoms with van der Waals surface area (Å²) < 4.78 is 5.52. The third-order valence-corrected chi connectivity index (χ3v) is 4.04. The summed E-state index contributed by atoms with van der Waals surface area (Å²) >= 11 is 0. The smallest absolute Gasteiger partial charge is 0.223 e. The Labute approximate surface area is 155 Å². The molecule has 0 bridgehead atoms. The number of hydrogen-bond acceptors (Lipinski definition) is 3. The molecule has 0 atom stereocenters. The normalized spacial score (nSPS) is 10.2. The van der Waals surface area contributed by atoms with Crippen molar-refractivity contribution in [2.75, 3.05) is 24.6 Å². The molecule has 1 N–H and O–H groups in total. The summed E-state index contributed by atoms with van der Waals surface area (Å²) in [5.41, 5.74) is 2.02. The van der Waals surface area contributed by atoms with Crippen molar-refractivity contribution in [3.63, 3.8) is 0 Å². The predicted molar refractivity (Wildman–Crippen MR) is 103 cm³/mol. The molecule has 0 fully saturated rings. The Kier molecular flexibility index (Phi) is 7.68. The number of nitrogens with one attached hydrogen (secondary N) is 1. The van der Waals surface area contributed by atoms with Crippen LogP contribution in [0, 0.1) is 0 Å². The molecule has 0 spiro atoms. The van der Waals surface area contributed by atoms with Crippen LogP contribution in [0.15, 0.2) is 54.6 Å². The summed E-state index contributed by atoms with van der Waals surface area (Å²) in [6, 6.07) is 17.2. The number of nitrogens with zero attached hydrogens (tertiary/aromatic N) is 1.